The molecule has 1 rings (SSSR count). The summed E-state index contributed by atoms with van der Waals surface area (Å²) in [5.74, 6) is 0.422. The van der Waals surface area contributed by atoms with Gasteiger partial charge in [-0.15, -0.1) is 11.8 Å². The Morgan fingerprint density at radius 3 is 2.07 bits per heavy atom. The van der Waals surface area contributed by atoms with Crippen LogP contribution < -0.4 is 17.2 Å². The zero-order valence-electron chi connectivity index (χ0n) is 8.91. The van der Waals surface area contributed by atoms with Crippen LogP contribution >= 0.6 is 11.8 Å². The lowest BCUT2D eigenvalue weighted by Crippen LogP contribution is -2.19. The first kappa shape index (κ1) is 12.0. The van der Waals surface area contributed by atoms with Crippen LogP contribution in [0.5, 0.6) is 0 Å². The van der Waals surface area contributed by atoms with E-state index < -0.39 is 5.60 Å². The van der Waals surface area contributed by atoms with Crippen LogP contribution in [-0.4, -0.2) is 11.4 Å². The Morgan fingerprint density at radius 1 is 1.20 bits per heavy atom. The van der Waals surface area contributed by atoms with Gasteiger partial charge in [-0.25, -0.2) is 5.11 Å². The second-order valence-corrected chi connectivity index (χ2v) is 5.06. The fourth-order valence-electron chi connectivity index (χ4n) is 1.11. The van der Waals surface area contributed by atoms with Crippen LogP contribution in [-0.2, 0) is 5.11 Å². The van der Waals surface area contributed by atoms with Gasteiger partial charge in [0.2, 0.25) is 0 Å². The standard InChI is InChI=1S/C10H16N3OS/c1-10(2,14)5-15-9-7(12)3-6(11)4-8(9)13/h3-4H,5,11-13H2,1-2H3. The van der Waals surface area contributed by atoms with Gasteiger partial charge in [-0.1, -0.05) is 0 Å². The van der Waals surface area contributed by atoms with Crippen LogP contribution in [0.15, 0.2) is 17.0 Å². The summed E-state index contributed by atoms with van der Waals surface area (Å²) in [6, 6.07) is 3.30. The molecule has 0 heterocycles. The van der Waals surface area contributed by atoms with E-state index in [0.717, 1.165) is 4.90 Å². The molecule has 0 saturated carbocycles. The van der Waals surface area contributed by atoms with Crippen molar-refractivity contribution in [1.82, 2.24) is 0 Å². The smallest absolute Gasteiger partial charge is 0.107 e. The third kappa shape index (κ3) is 3.53. The van der Waals surface area contributed by atoms with Crippen LogP contribution in [0.25, 0.3) is 0 Å². The molecule has 0 aromatic heterocycles. The minimum absolute atomic E-state index is 0.422. The highest BCUT2D eigenvalue weighted by molar-refractivity contribution is 7.99. The molecule has 1 aromatic carbocycles. The van der Waals surface area contributed by atoms with E-state index in [2.05, 4.69) is 0 Å². The number of benzene rings is 1. The van der Waals surface area contributed by atoms with Crippen molar-refractivity contribution in [3.63, 3.8) is 0 Å². The van der Waals surface area contributed by atoms with Crippen molar-refractivity contribution in [3.8, 4) is 0 Å². The lowest BCUT2D eigenvalue weighted by Gasteiger charge is -2.15. The van der Waals surface area contributed by atoms with E-state index in [1.165, 1.54) is 11.8 Å². The monoisotopic (exact) mass is 226 g/mol. The topological polar surface area (TPSA) is 98.0 Å². The molecule has 0 spiro atoms. The van der Waals surface area contributed by atoms with Crippen molar-refractivity contribution < 1.29 is 5.11 Å². The Hall–Kier alpha value is -1.07. The van der Waals surface area contributed by atoms with Gasteiger partial charge in [-0.2, -0.15) is 0 Å². The molecule has 0 saturated heterocycles. The second kappa shape index (κ2) is 4.20. The minimum atomic E-state index is -0.995. The summed E-state index contributed by atoms with van der Waals surface area (Å²) >= 11 is 1.37. The SMILES string of the molecule is CC(C)([O])CSc1c(N)cc(N)cc1N. The van der Waals surface area contributed by atoms with Gasteiger partial charge in [-0.3, -0.25) is 0 Å². The van der Waals surface area contributed by atoms with E-state index in [1.807, 2.05) is 0 Å². The van der Waals surface area contributed by atoms with Crippen molar-refractivity contribution in [2.45, 2.75) is 24.3 Å². The number of hydrogen-bond acceptors (Lipinski definition) is 4. The fraction of sp³-hybridized carbons (Fsp3) is 0.400. The third-order valence-electron chi connectivity index (χ3n) is 1.73. The molecule has 6 N–H and O–H groups in total. The number of hydrogen-bond donors (Lipinski definition) is 3. The maximum absolute atomic E-state index is 11.4. The Kier molecular flexibility index (Phi) is 3.36. The summed E-state index contributed by atoms with van der Waals surface area (Å²) in [5, 5.41) is 11.4. The molecule has 0 unspecified atom stereocenters. The first-order valence-electron chi connectivity index (χ1n) is 4.57. The molecule has 0 aliphatic heterocycles. The zero-order valence-corrected chi connectivity index (χ0v) is 9.73. The molecule has 4 nitrogen and oxygen atoms in total. The Bertz CT molecular complexity index is 337. The Balaban J connectivity index is 2.86. The second-order valence-electron chi connectivity index (χ2n) is 4.08. The maximum atomic E-state index is 11.4. The predicted octanol–water partition coefficient (Wildman–Crippen LogP) is 1.73. The normalized spacial score (nSPS) is 11.7. The van der Waals surface area contributed by atoms with Gasteiger partial charge in [0, 0.05) is 22.8 Å². The van der Waals surface area contributed by atoms with E-state index in [4.69, 9.17) is 17.2 Å². The first-order valence-corrected chi connectivity index (χ1v) is 5.56. The third-order valence-corrected chi connectivity index (χ3v) is 3.33. The molecule has 0 aliphatic rings. The molecular formula is C10H16N3OS. The molecule has 0 atom stereocenters. The highest BCUT2D eigenvalue weighted by atomic mass is 32.2. The number of thioether (sulfide) groups is 1. The summed E-state index contributed by atoms with van der Waals surface area (Å²) < 4.78 is 0. The molecule has 15 heavy (non-hydrogen) atoms. The van der Waals surface area contributed by atoms with Gasteiger partial charge in [0.1, 0.15) is 5.60 Å². The minimum Gasteiger partial charge on any atom is -0.399 e. The summed E-state index contributed by atoms with van der Waals surface area (Å²) in [6.07, 6.45) is 0. The van der Waals surface area contributed by atoms with E-state index in [1.54, 1.807) is 26.0 Å². The Morgan fingerprint density at radius 2 is 1.67 bits per heavy atom. The highest BCUT2D eigenvalue weighted by Gasteiger charge is 2.17. The molecule has 83 valence electrons. The van der Waals surface area contributed by atoms with Gasteiger partial charge in [0.15, 0.2) is 0 Å². The van der Waals surface area contributed by atoms with Gasteiger partial charge >= 0.3 is 0 Å². The summed E-state index contributed by atoms with van der Waals surface area (Å²) in [4.78, 5) is 0.744. The zero-order chi connectivity index (χ0) is 11.6. The number of nitrogens with two attached hydrogens (primary N) is 3. The van der Waals surface area contributed by atoms with Gasteiger partial charge < -0.3 is 17.2 Å². The van der Waals surface area contributed by atoms with Crippen LogP contribution in [0.3, 0.4) is 0 Å². The first-order chi connectivity index (χ1) is 6.79. The van der Waals surface area contributed by atoms with Crippen LogP contribution in [0.1, 0.15) is 13.8 Å². The molecule has 0 amide bonds. The molecular weight excluding hydrogens is 210 g/mol. The molecule has 0 aliphatic carbocycles. The van der Waals surface area contributed by atoms with Crippen LogP contribution in [0.4, 0.5) is 17.1 Å². The van der Waals surface area contributed by atoms with E-state index >= 15 is 0 Å². The molecule has 0 bridgehead atoms. The largest absolute Gasteiger partial charge is 0.399 e. The number of anilines is 3. The average molecular weight is 226 g/mol. The highest BCUT2D eigenvalue weighted by Crippen LogP contribution is 2.34. The van der Waals surface area contributed by atoms with Crippen molar-refractivity contribution in [2.75, 3.05) is 23.0 Å². The Labute approximate surface area is 93.8 Å². The summed E-state index contributed by atoms with van der Waals surface area (Å²) in [6.45, 7) is 3.26. The molecule has 1 aromatic rings. The van der Waals surface area contributed by atoms with Crippen molar-refractivity contribution in [2.24, 2.45) is 0 Å². The number of rotatable bonds is 3. The van der Waals surface area contributed by atoms with Gasteiger partial charge in [0.25, 0.3) is 0 Å². The average Bonchev–Trinajstić information content (AvgIpc) is 1.99. The lowest BCUT2D eigenvalue weighted by atomic mass is 10.2. The molecule has 0 fully saturated rings. The summed E-state index contributed by atoms with van der Waals surface area (Å²) in [5.41, 5.74) is 17.7. The molecule has 5 heteroatoms. The van der Waals surface area contributed by atoms with Crippen LogP contribution in [0, 0.1) is 0 Å². The quantitative estimate of drug-likeness (QED) is 0.540. The van der Waals surface area contributed by atoms with Crippen molar-refractivity contribution >= 4 is 28.8 Å². The maximum Gasteiger partial charge on any atom is 0.107 e. The fourth-order valence-corrected chi connectivity index (χ4v) is 2.05. The molecule has 1 radical (unpaired) electrons. The predicted molar refractivity (Wildman–Crippen MR) is 65.2 cm³/mol. The van der Waals surface area contributed by atoms with E-state index in [9.17, 15) is 5.11 Å². The lowest BCUT2D eigenvalue weighted by molar-refractivity contribution is 0.0264. The van der Waals surface area contributed by atoms with Crippen molar-refractivity contribution in [3.05, 3.63) is 12.1 Å². The van der Waals surface area contributed by atoms with E-state index in [-0.39, 0.29) is 0 Å². The van der Waals surface area contributed by atoms with Gasteiger partial charge in [-0.05, 0) is 26.0 Å². The van der Waals surface area contributed by atoms with Crippen molar-refractivity contribution in [1.29, 1.82) is 0 Å². The number of nitrogen functional groups attached to an aromatic ring is 3. The summed E-state index contributed by atoms with van der Waals surface area (Å²) in [7, 11) is 0. The van der Waals surface area contributed by atoms with Crippen LogP contribution in [0.2, 0.25) is 0 Å². The van der Waals surface area contributed by atoms with E-state index in [0.29, 0.717) is 22.8 Å². The van der Waals surface area contributed by atoms with Gasteiger partial charge in [0.05, 0.1) is 4.90 Å².